The first-order chi connectivity index (χ1) is 9.69. The van der Waals surface area contributed by atoms with Crippen LogP contribution < -0.4 is 10.1 Å². The molecule has 1 unspecified atom stereocenters. The Morgan fingerprint density at radius 3 is 3.10 bits per heavy atom. The van der Waals surface area contributed by atoms with Gasteiger partial charge in [-0.2, -0.15) is 5.10 Å². The maximum absolute atomic E-state index is 11.7. The van der Waals surface area contributed by atoms with E-state index in [4.69, 9.17) is 4.74 Å². The fraction of sp³-hybridized carbons (Fsp3) is 0.286. The lowest BCUT2D eigenvalue weighted by Gasteiger charge is -2.15. The van der Waals surface area contributed by atoms with Crippen LogP contribution in [0.2, 0.25) is 0 Å². The number of nitrogens with one attached hydrogen (secondary N) is 2. The van der Waals surface area contributed by atoms with Gasteiger partial charge in [-0.05, 0) is 24.6 Å². The molecule has 0 spiro atoms. The van der Waals surface area contributed by atoms with E-state index in [1.165, 1.54) is 0 Å². The van der Waals surface area contributed by atoms with Crippen LogP contribution in [0.1, 0.15) is 22.1 Å². The molecule has 1 aromatic carbocycles. The van der Waals surface area contributed by atoms with E-state index in [-0.39, 0.29) is 11.2 Å². The number of hydrogen-bond donors (Lipinski definition) is 2. The van der Waals surface area contributed by atoms with E-state index < -0.39 is 0 Å². The van der Waals surface area contributed by atoms with Crippen molar-refractivity contribution in [2.24, 2.45) is 0 Å². The maximum Gasteiger partial charge on any atom is 0.235 e. The molecule has 1 aliphatic rings. The fourth-order valence-corrected chi connectivity index (χ4v) is 3.52. The summed E-state index contributed by atoms with van der Waals surface area (Å²) in [5, 5.41) is 10.0. The molecule has 0 saturated carbocycles. The number of methoxy groups -OCH3 is 1. The highest BCUT2D eigenvalue weighted by atomic mass is 32.2. The van der Waals surface area contributed by atoms with Gasteiger partial charge in [0, 0.05) is 11.3 Å². The number of nitrogens with zero attached hydrogens (tertiary/aromatic N) is 1. The van der Waals surface area contributed by atoms with Crippen LogP contribution in [0.15, 0.2) is 24.3 Å². The quantitative estimate of drug-likeness (QED) is 0.891. The maximum atomic E-state index is 11.7. The van der Waals surface area contributed by atoms with Crippen LogP contribution in [0, 0.1) is 6.92 Å². The highest BCUT2D eigenvalue weighted by Crippen LogP contribution is 2.42. The van der Waals surface area contributed by atoms with Crippen molar-refractivity contribution in [3.63, 3.8) is 0 Å². The van der Waals surface area contributed by atoms with Crippen molar-refractivity contribution in [1.82, 2.24) is 10.2 Å². The van der Waals surface area contributed by atoms with E-state index in [0.717, 1.165) is 22.6 Å². The second kappa shape index (κ2) is 5.20. The summed E-state index contributed by atoms with van der Waals surface area (Å²) in [7, 11) is 1.65. The average Bonchev–Trinajstić information content (AvgIpc) is 2.72. The number of rotatable bonds is 2. The van der Waals surface area contributed by atoms with Gasteiger partial charge in [0.2, 0.25) is 5.91 Å². The second-order valence-electron chi connectivity index (χ2n) is 4.63. The van der Waals surface area contributed by atoms with Gasteiger partial charge in [-0.1, -0.05) is 12.1 Å². The van der Waals surface area contributed by atoms with E-state index >= 15 is 0 Å². The number of H-pyrrole nitrogens is 1. The molecule has 1 aromatic heterocycles. The summed E-state index contributed by atoms with van der Waals surface area (Å²) in [6.45, 7) is 1.97. The third-order valence-corrected chi connectivity index (χ3v) is 4.56. The Morgan fingerprint density at radius 2 is 2.30 bits per heavy atom. The SMILES string of the molecule is COc1cccc(C2SCC(=O)Nc3n[nH]c(C)c32)c1. The van der Waals surface area contributed by atoms with Gasteiger partial charge in [0.25, 0.3) is 0 Å². The number of ether oxygens (including phenoxy) is 1. The molecule has 1 atom stereocenters. The molecule has 20 heavy (non-hydrogen) atoms. The third-order valence-electron chi connectivity index (χ3n) is 3.29. The minimum atomic E-state index is -0.0202. The molecule has 0 aliphatic carbocycles. The number of carbonyl (C=O) groups excluding carboxylic acids is 1. The molecule has 104 valence electrons. The lowest BCUT2D eigenvalue weighted by Crippen LogP contribution is -2.12. The Kier molecular flexibility index (Phi) is 3.40. The monoisotopic (exact) mass is 289 g/mol. The first-order valence-electron chi connectivity index (χ1n) is 6.29. The zero-order chi connectivity index (χ0) is 14.1. The minimum absolute atomic E-state index is 0.0202. The van der Waals surface area contributed by atoms with Crippen LogP contribution in [0.25, 0.3) is 0 Å². The fourth-order valence-electron chi connectivity index (χ4n) is 2.33. The standard InChI is InChI=1S/C14H15N3O2S/c1-8-12-13(9-4-3-5-10(6-9)19-2)20-7-11(18)15-14(12)17-16-8/h3-6,13H,7H2,1-2H3,(H2,15,16,17,18). The van der Waals surface area contributed by atoms with Gasteiger partial charge in [0.1, 0.15) is 5.75 Å². The molecule has 3 rings (SSSR count). The molecule has 5 nitrogen and oxygen atoms in total. The van der Waals surface area contributed by atoms with Gasteiger partial charge in [0.05, 0.1) is 18.1 Å². The smallest absolute Gasteiger partial charge is 0.235 e. The molecule has 0 saturated heterocycles. The molecule has 0 radical (unpaired) electrons. The molecule has 1 amide bonds. The van der Waals surface area contributed by atoms with Crippen molar-refractivity contribution >= 4 is 23.5 Å². The van der Waals surface area contributed by atoms with Crippen molar-refractivity contribution in [2.75, 3.05) is 18.2 Å². The molecule has 2 aromatic rings. The van der Waals surface area contributed by atoms with Gasteiger partial charge >= 0.3 is 0 Å². The van der Waals surface area contributed by atoms with Gasteiger partial charge in [-0.25, -0.2) is 0 Å². The summed E-state index contributed by atoms with van der Waals surface area (Å²) in [6.07, 6.45) is 0. The van der Waals surface area contributed by atoms with Gasteiger partial charge < -0.3 is 10.1 Å². The number of hydrogen-bond acceptors (Lipinski definition) is 4. The zero-order valence-corrected chi connectivity index (χ0v) is 12.1. The zero-order valence-electron chi connectivity index (χ0n) is 11.3. The van der Waals surface area contributed by atoms with Crippen molar-refractivity contribution in [2.45, 2.75) is 12.2 Å². The molecule has 2 heterocycles. The molecule has 6 heteroatoms. The number of aryl methyl sites for hydroxylation is 1. The summed E-state index contributed by atoms with van der Waals surface area (Å²) in [6, 6.07) is 7.93. The molecule has 0 fully saturated rings. The lowest BCUT2D eigenvalue weighted by molar-refractivity contribution is -0.113. The largest absolute Gasteiger partial charge is 0.497 e. The minimum Gasteiger partial charge on any atom is -0.497 e. The molecular weight excluding hydrogens is 274 g/mol. The van der Waals surface area contributed by atoms with Gasteiger partial charge in [-0.3, -0.25) is 9.89 Å². The highest BCUT2D eigenvalue weighted by molar-refractivity contribution is 8.00. The molecule has 1 aliphatic heterocycles. The summed E-state index contributed by atoms with van der Waals surface area (Å²) >= 11 is 1.60. The van der Waals surface area contributed by atoms with Crippen LogP contribution in [0.5, 0.6) is 5.75 Å². The Balaban J connectivity index is 2.08. The van der Waals surface area contributed by atoms with E-state index in [2.05, 4.69) is 15.5 Å². The van der Waals surface area contributed by atoms with Crippen LogP contribution in [-0.4, -0.2) is 29.0 Å². The summed E-state index contributed by atoms with van der Waals surface area (Å²) < 4.78 is 5.28. The Bertz CT molecular complexity index is 654. The Hall–Kier alpha value is -1.95. The number of benzene rings is 1. The summed E-state index contributed by atoms with van der Waals surface area (Å²) in [5.41, 5.74) is 3.12. The number of carbonyl (C=O) groups is 1. The van der Waals surface area contributed by atoms with E-state index in [9.17, 15) is 4.79 Å². The number of fused-ring (bicyclic) bond motifs is 1. The average molecular weight is 289 g/mol. The van der Waals surface area contributed by atoms with Crippen LogP contribution >= 0.6 is 11.8 Å². The predicted octanol–water partition coefficient (Wildman–Crippen LogP) is 2.50. The Labute approximate surface area is 121 Å². The molecule has 0 bridgehead atoms. The summed E-state index contributed by atoms with van der Waals surface area (Å²) in [4.78, 5) is 11.7. The van der Waals surface area contributed by atoms with Crippen molar-refractivity contribution in [1.29, 1.82) is 0 Å². The summed E-state index contributed by atoms with van der Waals surface area (Å²) in [5.74, 6) is 1.84. The van der Waals surface area contributed by atoms with Gasteiger partial charge in [0.15, 0.2) is 5.82 Å². The second-order valence-corrected chi connectivity index (χ2v) is 5.72. The van der Waals surface area contributed by atoms with Crippen molar-refractivity contribution in [3.8, 4) is 5.75 Å². The van der Waals surface area contributed by atoms with E-state index in [1.54, 1.807) is 18.9 Å². The van der Waals surface area contributed by atoms with Gasteiger partial charge in [-0.15, -0.1) is 11.8 Å². The first-order valence-corrected chi connectivity index (χ1v) is 7.34. The number of aromatic amines is 1. The number of anilines is 1. The van der Waals surface area contributed by atoms with Crippen LogP contribution in [0.4, 0.5) is 5.82 Å². The number of aromatic nitrogens is 2. The molecule has 2 N–H and O–H groups in total. The Morgan fingerprint density at radius 1 is 1.45 bits per heavy atom. The third kappa shape index (κ3) is 2.27. The van der Waals surface area contributed by atoms with Crippen molar-refractivity contribution < 1.29 is 9.53 Å². The normalized spacial score (nSPS) is 18.1. The van der Waals surface area contributed by atoms with E-state index in [0.29, 0.717) is 11.6 Å². The first kappa shape index (κ1) is 13.1. The van der Waals surface area contributed by atoms with Crippen LogP contribution in [0.3, 0.4) is 0 Å². The number of amides is 1. The highest BCUT2D eigenvalue weighted by Gasteiger charge is 2.28. The van der Waals surface area contributed by atoms with Crippen molar-refractivity contribution in [3.05, 3.63) is 41.1 Å². The lowest BCUT2D eigenvalue weighted by atomic mass is 10.0. The topological polar surface area (TPSA) is 67.0 Å². The predicted molar refractivity (Wildman–Crippen MR) is 79.2 cm³/mol. The van der Waals surface area contributed by atoms with Crippen LogP contribution in [-0.2, 0) is 4.79 Å². The van der Waals surface area contributed by atoms with E-state index in [1.807, 2.05) is 31.2 Å². The number of thioether (sulfide) groups is 1. The molecular formula is C14H15N3O2S.